The number of methoxy groups -OCH3 is 1. The fourth-order valence-electron chi connectivity index (χ4n) is 2.99. The molecule has 1 aromatic heterocycles. The van der Waals surface area contributed by atoms with Gasteiger partial charge in [-0.2, -0.15) is 10.2 Å². The third-order valence-electron chi connectivity index (χ3n) is 4.35. The fraction of sp³-hybridized carbons (Fsp3) is 0.471. The quantitative estimate of drug-likeness (QED) is 0.846. The summed E-state index contributed by atoms with van der Waals surface area (Å²) in [5.41, 5.74) is 1.66. The van der Waals surface area contributed by atoms with Gasteiger partial charge in [0, 0.05) is 26.2 Å². The molecule has 3 rings (SSSR count). The van der Waals surface area contributed by atoms with Crippen LogP contribution >= 0.6 is 0 Å². The van der Waals surface area contributed by atoms with Crippen molar-refractivity contribution in [1.29, 1.82) is 5.26 Å². The first kappa shape index (κ1) is 16.4. The van der Waals surface area contributed by atoms with Crippen LogP contribution in [0.3, 0.4) is 0 Å². The molecule has 7 nitrogen and oxygen atoms in total. The Labute approximate surface area is 141 Å². The third kappa shape index (κ3) is 3.40. The summed E-state index contributed by atoms with van der Waals surface area (Å²) in [7, 11) is 3.65. The molecule has 24 heavy (non-hydrogen) atoms. The van der Waals surface area contributed by atoms with Crippen molar-refractivity contribution < 1.29 is 9.26 Å². The van der Waals surface area contributed by atoms with Gasteiger partial charge in [0.1, 0.15) is 17.9 Å². The average molecular weight is 327 g/mol. The maximum atomic E-state index is 9.23. The second-order valence-electron chi connectivity index (χ2n) is 6.06. The molecule has 1 aromatic carbocycles. The van der Waals surface area contributed by atoms with Gasteiger partial charge in [0.25, 0.3) is 0 Å². The molecule has 2 heterocycles. The topological polar surface area (TPSA) is 78.4 Å². The molecule has 1 saturated heterocycles. The van der Waals surface area contributed by atoms with Crippen LogP contribution < -0.4 is 4.74 Å². The first-order valence-electron chi connectivity index (χ1n) is 7.90. The van der Waals surface area contributed by atoms with Crippen molar-refractivity contribution in [3.8, 4) is 11.8 Å². The minimum Gasteiger partial charge on any atom is -0.495 e. The molecule has 126 valence electrons. The van der Waals surface area contributed by atoms with Crippen LogP contribution in [0.5, 0.6) is 5.75 Å². The lowest BCUT2D eigenvalue weighted by atomic mass is 10.1. The van der Waals surface area contributed by atoms with Crippen LogP contribution in [-0.4, -0.2) is 53.7 Å². The normalized spacial score (nSPS) is 19.2. The fourth-order valence-corrected chi connectivity index (χ4v) is 2.99. The first-order chi connectivity index (χ1) is 11.6. The van der Waals surface area contributed by atoms with E-state index in [9.17, 15) is 5.26 Å². The summed E-state index contributed by atoms with van der Waals surface area (Å²) in [5, 5.41) is 13.1. The Balaban J connectivity index is 1.73. The van der Waals surface area contributed by atoms with E-state index >= 15 is 0 Å². The van der Waals surface area contributed by atoms with E-state index in [1.165, 1.54) is 0 Å². The lowest BCUT2D eigenvalue weighted by Crippen LogP contribution is -2.46. The van der Waals surface area contributed by atoms with Gasteiger partial charge in [-0.15, -0.1) is 0 Å². The molecule has 1 fully saturated rings. The van der Waals surface area contributed by atoms with Crippen LogP contribution in [0.2, 0.25) is 0 Å². The van der Waals surface area contributed by atoms with E-state index in [1.807, 2.05) is 25.1 Å². The van der Waals surface area contributed by atoms with Crippen LogP contribution in [-0.2, 0) is 6.54 Å². The number of likely N-dealkylation sites (N-methyl/N-ethyl adjacent to an activating group) is 1. The van der Waals surface area contributed by atoms with Gasteiger partial charge in [0.2, 0.25) is 5.89 Å². The summed E-state index contributed by atoms with van der Waals surface area (Å²) in [6, 6.07) is 8.02. The second kappa shape index (κ2) is 6.99. The van der Waals surface area contributed by atoms with Crippen LogP contribution in [0.4, 0.5) is 0 Å². The number of rotatable bonds is 4. The van der Waals surface area contributed by atoms with Gasteiger partial charge in [-0.3, -0.25) is 9.80 Å². The Bertz CT molecular complexity index is 752. The molecule has 1 aliphatic heterocycles. The number of nitrogens with zero attached hydrogens (tertiary/aromatic N) is 5. The second-order valence-corrected chi connectivity index (χ2v) is 6.06. The number of aromatic nitrogens is 2. The maximum Gasteiger partial charge on any atom is 0.245 e. The number of ether oxygens (including phenoxy) is 1. The van der Waals surface area contributed by atoms with E-state index in [2.05, 4.69) is 33.1 Å². The molecule has 1 atom stereocenters. The van der Waals surface area contributed by atoms with E-state index in [-0.39, 0.29) is 6.04 Å². The monoisotopic (exact) mass is 327 g/mol. The number of piperazine rings is 1. The molecule has 0 saturated carbocycles. The zero-order valence-corrected chi connectivity index (χ0v) is 14.2. The Morgan fingerprint density at radius 3 is 2.92 bits per heavy atom. The molecule has 0 spiro atoms. The number of nitriles is 1. The van der Waals surface area contributed by atoms with Crippen molar-refractivity contribution in [2.75, 3.05) is 33.8 Å². The molecule has 0 radical (unpaired) electrons. The van der Waals surface area contributed by atoms with E-state index in [1.54, 1.807) is 7.11 Å². The first-order valence-corrected chi connectivity index (χ1v) is 7.90. The van der Waals surface area contributed by atoms with Gasteiger partial charge >= 0.3 is 0 Å². The van der Waals surface area contributed by atoms with Gasteiger partial charge < -0.3 is 9.26 Å². The molecule has 0 amide bonds. The van der Waals surface area contributed by atoms with Gasteiger partial charge in [-0.25, -0.2) is 0 Å². The van der Waals surface area contributed by atoms with Crippen molar-refractivity contribution in [2.24, 2.45) is 0 Å². The predicted octanol–water partition coefficient (Wildman–Crippen LogP) is 1.75. The van der Waals surface area contributed by atoms with Gasteiger partial charge in [-0.1, -0.05) is 11.2 Å². The molecular formula is C17H21N5O2. The summed E-state index contributed by atoms with van der Waals surface area (Å²) in [6.45, 7) is 5.29. The van der Waals surface area contributed by atoms with Gasteiger partial charge in [0.15, 0.2) is 5.82 Å². The van der Waals surface area contributed by atoms with Crippen molar-refractivity contribution >= 4 is 0 Å². The largest absolute Gasteiger partial charge is 0.495 e. The van der Waals surface area contributed by atoms with Gasteiger partial charge in [-0.05, 0) is 31.7 Å². The smallest absolute Gasteiger partial charge is 0.245 e. The predicted molar refractivity (Wildman–Crippen MR) is 87.4 cm³/mol. The van der Waals surface area contributed by atoms with Crippen LogP contribution in [0.1, 0.15) is 28.9 Å². The number of hydrogen-bond donors (Lipinski definition) is 0. The molecule has 0 unspecified atom stereocenters. The zero-order valence-electron chi connectivity index (χ0n) is 14.2. The maximum absolute atomic E-state index is 9.23. The van der Waals surface area contributed by atoms with Crippen molar-refractivity contribution in [3.05, 3.63) is 41.0 Å². The number of aryl methyl sites for hydroxylation is 1. The SMILES string of the molecule is COc1ccc(CN2CCN(C)[C@H](c3nc(C)no3)C2)cc1C#N. The summed E-state index contributed by atoms with van der Waals surface area (Å²) in [6.07, 6.45) is 0. The molecule has 2 aromatic rings. The summed E-state index contributed by atoms with van der Waals surface area (Å²) < 4.78 is 10.6. The van der Waals surface area contributed by atoms with Crippen molar-refractivity contribution in [1.82, 2.24) is 19.9 Å². The highest BCUT2D eigenvalue weighted by molar-refractivity contribution is 5.45. The molecular weight excluding hydrogens is 306 g/mol. The standard InChI is InChI=1S/C17H21N5O2/c1-12-19-17(24-20-12)15-11-22(7-6-21(15)2)10-13-4-5-16(23-3)14(8-13)9-18/h4-5,8,15H,6-7,10-11H2,1-3H3/t15-/m0/s1. The lowest BCUT2D eigenvalue weighted by molar-refractivity contribution is 0.0714. The van der Waals surface area contributed by atoms with Gasteiger partial charge in [0.05, 0.1) is 12.7 Å². The van der Waals surface area contributed by atoms with Crippen LogP contribution in [0, 0.1) is 18.3 Å². The van der Waals surface area contributed by atoms with E-state index in [0.29, 0.717) is 23.0 Å². The molecule has 0 N–H and O–H groups in total. The number of hydrogen-bond acceptors (Lipinski definition) is 7. The number of benzene rings is 1. The minimum atomic E-state index is 0.0913. The van der Waals surface area contributed by atoms with Crippen molar-refractivity contribution in [3.63, 3.8) is 0 Å². The third-order valence-corrected chi connectivity index (χ3v) is 4.35. The minimum absolute atomic E-state index is 0.0913. The Morgan fingerprint density at radius 2 is 2.25 bits per heavy atom. The molecule has 1 aliphatic rings. The van der Waals surface area contributed by atoms with E-state index in [4.69, 9.17) is 9.26 Å². The summed E-state index contributed by atoms with van der Waals surface area (Å²) in [4.78, 5) is 8.95. The zero-order chi connectivity index (χ0) is 17.1. The highest BCUT2D eigenvalue weighted by atomic mass is 16.5. The average Bonchev–Trinajstić information content (AvgIpc) is 3.02. The summed E-state index contributed by atoms with van der Waals surface area (Å²) >= 11 is 0. The Kier molecular flexibility index (Phi) is 4.79. The van der Waals surface area contributed by atoms with E-state index in [0.717, 1.165) is 31.7 Å². The molecule has 7 heteroatoms. The Hall–Kier alpha value is -2.43. The van der Waals surface area contributed by atoms with Crippen molar-refractivity contribution in [2.45, 2.75) is 19.5 Å². The highest BCUT2D eigenvalue weighted by Crippen LogP contribution is 2.25. The lowest BCUT2D eigenvalue weighted by Gasteiger charge is -2.37. The highest BCUT2D eigenvalue weighted by Gasteiger charge is 2.29. The molecule has 0 aliphatic carbocycles. The van der Waals surface area contributed by atoms with Crippen LogP contribution in [0.15, 0.2) is 22.7 Å². The molecule has 0 bridgehead atoms. The Morgan fingerprint density at radius 1 is 1.42 bits per heavy atom. The van der Waals surface area contributed by atoms with Crippen LogP contribution in [0.25, 0.3) is 0 Å². The summed E-state index contributed by atoms with van der Waals surface area (Å²) in [5.74, 6) is 1.93. The van der Waals surface area contributed by atoms with E-state index < -0.39 is 0 Å².